The molecule has 2 aromatic rings. The Morgan fingerprint density at radius 1 is 1.06 bits per heavy atom. The molecule has 0 unspecified atom stereocenters. The fourth-order valence-electron chi connectivity index (χ4n) is 1.32. The SMILES string of the molecule is O=C1N=NC=C1[c-]1cccc1.[Fe+2].c1cc[cH-]c1. The molecule has 0 atom stereocenters. The molecular weight excluding hydrogens is 256 g/mol. The first-order valence-corrected chi connectivity index (χ1v) is 4.92. The van der Waals surface area contributed by atoms with Crippen LogP contribution in [-0.4, -0.2) is 5.91 Å². The fraction of sp³-hybridized carbons (Fsp3) is 0. The van der Waals surface area contributed by atoms with E-state index >= 15 is 0 Å². The van der Waals surface area contributed by atoms with E-state index in [1.807, 2.05) is 54.6 Å². The maximum Gasteiger partial charge on any atom is 2.00 e. The van der Waals surface area contributed by atoms with Gasteiger partial charge in [0.05, 0.1) is 0 Å². The summed E-state index contributed by atoms with van der Waals surface area (Å²) >= 11 is 0. The van der Waals surface area contributed by atoms with Crippen LogP contribution in [0, 0.1) is 0 Å². The Morgan fingerprint density at radius 3 is 2.12 bits per heavy atom. The van der Waals surface area contributed by atoms with Crippen molar-refractivity contribution in [3.63, 3.8) is 0 Å². The van der Waals surface area contributed by atoms with Crippen LogP contribution >= 0.6 is 0 Å². The molecule has 0 bridgehead atoms. The van der Waals surface area contributed by atoms with Crippen LogP contribution in [0.4, 0.5) is 0 Å². The molecule has 0 saturated carbocycles. The summed E-state index contributed by atoms with van der Waals surface area (Å²) in [5.41, 5.74) is 1.47. The third-order valence-electron chi connectivity index (χ3n) is 2.10. The minimum absolute atomic E-state index is 0. The van der Waals surface area contributed by atoms with E-state index in [-0.39, 0.29) is 23.0 Å². The summed E-state index contributed by atoms with van der Waals surface area (Å²) in [6, 6.07) is 17.5. The monoisotopic (exact) mass is 266 g/mol. The molecule has 0 radical (unpaired) electrons. The van der Waals surface area contributed by atoms with Gasteiger partial charge in [-0.1, -0.05) is 5.56 Å². The summed E-state index contributed by atoms with van der Waals surface area (Å²) in [4.78, 5) is 10.9. The summed E-state index contributed by atoms with van der Waals surface area (Å²) in [6.45, 7) is 0. The smallest absolute Gasteiger partial charge is 0.312 e. The van der Waals surface area contributed by atoms with E-state index in [1.165, 1.54) is 6.20 Å². The Bertz CT molecular complexity index is 478. The molecule has 0 aliphatic carbocycles. The Balaban J connectivity index is 0.000000205. The van der Waals surface area contributed by atoms with Gasteiger partial charge in [-0.15, -0.1) is 12.1 Å². The number of amides is 1. The van der Waals surface area contributed by atoms with Crippen LogP contribution in [0.5, 0.6) is 0 Å². The summed E-state index contributed by atoms with van der Waals surface area (Å²) in [7, 11) is 0. The van der Waals surface area contributed by atoms with Gasteiger partial charge in [0.2, 0.25) is 5.91 Å². The average molecular weight is 266 g/mol. The van der Waals surface area contributed by atoms with Crippen molar-refractivity contribution in [2.75, 3.05) is 0 Å². The van der Waals surface area contributed by atoms with Gasteiger partial charge < -0.3 is 4.79 Å². The molecule has 0 N–H and O–H groups in total. The van der Waals surface area contributed by atoms with Crippen molar-refractivity contribution in [3.05, 3.63) is 66.4 Å². The van der Waals surface area contributed by atoms with Crippen molar-refractivity contribution in [2.45, 2.75) is 0 Å². The van der Waals surface area contributed by atoms with Gasteiger partial charge in [-0.05, 0) is 11.8 Å². The number of azo groups is 1. The first-order valence-electron chi connectivity index (χ1n) is 4.92. The first-order chi connectivity index (χ1) is 7.88. The molecule has 17 heavy (non-hydrogen) atoms. The van der Waals surface area contributed by atoms with Gasteiger partial charge >= 0.3 is 17.1 Å². The standard InChI is InChI=1S/C8H5N2O.C5H5.Fe/c11-8-7(5-9-10-8)6-3-1-2-4-6;1-2-4-5-3-1;/h1-5H;1-5H;/q2*-1;+2. The summed E-state index contributed by atoms with van der Waals surface area (Å²) < 4.78 is 0. The predicted molar refractivity (Wildman–Crippen MR) is 61.9 cm³/mol. The van der Waals surface area contributed by atoms with E-state index in [9.17, 15) is 4.79 Å². The fourth-order valence-corrected chi connectivity index (χ4v) is 1.32. The average Bonchev–Trinajstić information content (AvgIpc) is 3.02. The molecule has 2 aromatic carbocycles. The molecule has 1 heterocycles. The van der Waals surface area contributed by atoms with E-state index in [0.29, 0.717) is 5.57 Å². The molecule has 0 spiro atoms. The molecule has 1 amide bonds. The zero-order chi connectivity index (χ0) is 11.2. The van der Waals surface area contributed by atoms with Crippen LogP contribution in [0.3, 0.4) is 0 Å². The van der Waals surface area contributed by atoms with Gasteiger partial charge in [-0.25, -0.2) is 17.2 Å². The van der Waals surface area contributed by atoms with Crippen molar-refractivity contribution in [1.82, 2.24) is 0 Å². The van der Waals surface area contributed by atoms with Crippen molar-refractivity contribution < 1.29 is 21.9 Å². The largest absolute Gasteiger partial charge is 2.00 e. The number of hydrogen-bond donors (Lipinski definition) is 0. The Morgan fingerprint density at radius 2 is 1.71 bits per heavy atom. The molecule has 0 saturated heterocycles. The number of carbonyl (C=O) groups is 1. The maximum atomic E-state index is 10.9. The summed E-state index contributed by atoms with van der Waals surface area (Å²) in [5.74, 6) is -0.254. The van der Waals surface area contributed by atoms with Gasteiger partial charge in [0.25, 0.3) is 0 Å². The number of carbonyl (C=O) groups excluding carboxylic acids is 1. The molecule has 4 heteroatoms. The molecule has 86 valence electrons. The van der Waals surface area contributed by atoms with Gasteiger partial charge in [0, 0.05) is 0 Å². The van der Waals surface area contributed by atoms with Crippen molar-refractivity contribution in [3.8, 4) is 0 Å². The maximum absolute atomic E-state index is 10.9. The molecule has 1 aliphatic rings. The van der Waals surface area contributed by atoms with Crippen LogP contribution in [0.15, 0.2) is 71.0 Å². The molecule has 3 rings (SSSR count). The first kappa shape index (κ1) is 13.3. The van der Waals surface area contributed by atoms with Gasteiger partial charge in [-0.3, -0.25) is 0 Å². The normalized spacial score (nSPS) is 12.5. The third kappa shape index (κ3) is 3.63. The minimum atomic E-state index is -0.254. The van der Waals surface area contributed by atoms with E-state index in [4.69, 9.17) is 0 Å². The van der Waals surface area contributed by atoms with Crippen LogP contribution in [0.25, 0.3) is 5.57 Å². The molecule has 1 aliphatic heterocycles. The Hall–Kier alpha value is -1.77. The number of hydrogen-bond acceptors (Lipinski definition) is 2. The van der Waals surface area contributed by atoms with Crippen LogP contribution < -0.4 is 0 Å². The van der Waals surface area contributed by atoms with Crippen LogP contribution in [0.2, 0.25) is 0 Å². The van der Waals surface area contributed by atoms with Crippen molar-refractivity contribution >= 4 is 11.5 Å². The van der Waals surface area contributed by atoms with Crippen LogP contribution in [0.1, 0.15) is 5.56 Å². The molecule has 3 nitrogen and oxygen atoms in total. The predicted octanol–water partition coefficient (Wildman–Crippen LogP) is 3.14. The van der Waals surface area contributed by atoms with E-state index < -0.39 is 0 Å². The third-order valence-corrected chi connectivity index (χ3v) is 2.10. The second-order valence-corrected chi connectivity index (χ2v) is 3.20. The molecule has 0 fully saturated rings. The topological polar surface area (TPSA) is 41.8 Å². The quantitative estimate of drug-likeness (QED) is 0.577. The van der Waals surface area contributed by atoms with Gasteiger partial charge in [-0.2, -0.15) is 35.4 Å². The molecule has 0 aromatic heterocycles. The van der Waals surface area contributed by atoms with Crippen molar-refractivity contribution in [2.24, 2.45) is 10.2 Å². The Labute approximate surface area is 110 Å². The van der Waals surface area contributed by atoms with Gasteiger partial charge in [0.15, 0.2) is 0 Å². The van der Waals surface area contributed by atoms with Crippen LogP contribution in [-0.2, 0) is 21.9 Å². The minimum Gasteiger partial charge on any atom is -0.312 e. The Kier molecular flexibility index (Phi) is 5.27. The van der Waals surface area contributed by atoms with E-state index in [0.717, 1.165) is 5.56 Å². The van der Waals surface area contributed by atoms with Gasteiger partial charge in [0.1, 0.15) is 0 Å². The number of nitrogens with zero attached hydrogens (tertiary/aromatic N) is 2. The zero-order valence-corrected chi connectivity index (χ0v) is 10.0. The number of rotatable bonds is 1. The summed E-state index contributed by atoms with van der Waals surface area (Å²) in [6.07, 6.45) is 1.48. The zero-order valence-electron chi connectivity index (χ0n) is 8.93. The van der Waals surface area contributed by atoms with E-state index in [1.54, 1.807) is 0 Å². The second kappa shape index (κ2) is 6.74. The second-order valence-electron chi connectivity index (χ2n) is 3.20. The van der Waals surface area contributed by atoms with E-state index in [2.05, 4.69) is 10.2 Å². The summed E-state index contributed by atoms with van der Waals surface area (Å²) in [5, 5.41) is 6.88. The van der Waals surface area contributed by atoms with Crippen molar-refractivity contribution in [1.29, 1.82) is 0 Å². The molecular formula is C13H10FeN2O.